The first-order valence-electron chi connectivity index (χ1n) is 7.23. The summed E-state index contributed by atoms with van der Waals surface area (Å²) in [5.41, 5.74) is 0.200. The van der Waals surface area contributed by atoms with Gasteiger partial charge in [-0.2, -0.15) is 5.10 Å². The van der Waals surface area contributed by atoms with E-state index in [1.165, 1.54) is 0 Å². The van der Waals surface area contributed by atoms with E-state index in [2.05, 4.69) is 20.0 Å². The van der Waals surface area contributed by atoms with Crippen LogP contribution in [0.4, 0.5) is 0 Å². The Balaban J connectivity index is 1.80. The van der Waals surface area contributed by atoms with Gasteiger partial charge in [0.05, 0.1) is 23.7 Å². The van der Waals surface area contributed by atoms with Gasteiger partial charge >= 0.3 is 0 Å². The van der Waals surface area contributed by atoms with E-state index in [1.807, 2.05) is 14.0 Å². The molecule has 1 aliphatic rings. The molecule has 21 heavy (non-hydrogen) atoms. The van der Waals surface area contributed by atoms with Crippen LogP contribution >= 0.6 is 11.6 Å². The molecule has 1 atom stereocenters. The SMILES string of the molecule is Cn1ncc2c(Cl)nc(CN3CCCC(C)(O)CC3)nc21. The molecule has 3 heterocycles. The van der Waals surface area contributed by atoms with Crippen LogP contribution in [0, 0.1) is 0 Å². The number of hydrogen-bond acceptors (Lipinski definition) is 5. The Morgan fingerprint density at radius 3 is 2.95 bits per heavy atom. The summed E-state index contributed by atoms with van der Waals surface area (Å²) >= 11 is 6.21. The summed E-state index contributed by atoms with van der Waals surface area (Å²) in [5.74, 6) is 0.706. The minimum Gasteiger partial charge on any atom is -0.390 e. The van der Waals surface area contributed by atoms with E-state index >= 15 is 0 Å². The quantitative estimate of drug-likeness (QED) is 0.856. The molecule has 1 fully saturated rings. The van der Waals surface area contributed by atoms with Crippen molar-refractivity contribution in [1.29, 1.82) is 0 Å². The molecule has 2 aromatic heterocycles. The van der Waals surface area contributed by atoms with Crippen LogP contribution < -0.4 is 0 Å². The number of fused-ring (bicyclic) bond motifs is 1. The van der Waals surface area contributed by atoms with Gasteiger partial charge in [0, 0.05) is 13.6 Å². The van der Waals surface area contributed by atoms with Crippen molar-refractivity contribution in [2.75, 3.05) is 13.1 Å². The second kappa shape index (κ2) is 5.51. The summed E-state index contributed by atoms with van der Waals surface area (Å²) in [5, 5.41) is 15.5. The second-order valence-corrected chi connectivity index (χ2v) is 6.42. The topological polar surface area (TPSA) is 67.1 Å². The van der Waals surface area contributed by atoms with Crippen molar-refractivity contribution in [2.24, 2.45) is 7.05 Å². The highest BCUT2D eigenvalue weighted by Gasteiger charge is 2.25. The predicted octanol–water partition coefficient (Wildman–Crippen LogP) is 1.75. The molecule has 1 saturated heterocycles. The third kappa shape index (κ3) is 3.17. The van der Waals surface area contributed by atoms with Crippen LogP contribution in [0.25, 0.3) is 11.0 Å². The third-order valence-electron chi connectivity index (χ3n) is 4.11. The number of aliphatic hydroxyl groups is 1. The molecular weight excluding hydrogens is 290 g/mol. The van der Waals surface area contributed by atoms with Crippen LogP contribution in [0.5, 0.6) is 0 Å². The maximum atomic E-state index is 10.1. The van der Waals surface area contributed by atoms with Crippen LogP contribution in [0.2, 0.25) is 5.15 Å². The van der Waals surface area contributed by atoms with Crippen molar-refractivity contribution < 1.29 is 5.11 Å². The number of halogens is 1. The van der Waals surface area contributed by atoms with Crippen molar-refractivity contribution in [1.82, 2.24) is 24.6 Å². The van der Waals surface area contributed by atoms with Crippen LogP contribution in [-0.2, 0) is 13.6 Å². The normalized spacial score (nSPS) is 24.4. The highest BCUT2D eigenvalue weighted by Crippen LogP contribution is 2.23. The van der Waals surface area contributed by atoms with Crippen LogP contribution in [0.3, 0.4) is 0 Å². The molecule has 1 N–H and O–H groups in total. The molecule has 1 unspecified atom stereocenters. The fourth-order valence-corrected chi connectivity index (χ4v) is 3.01. The smallest absolute Gasteiger partial charge is 0.162 e. The summed E-state index contributed by atoms with van der Waals surface area (Å²) in [6, 6.07) is 0. The average molecular weight is 310 g/mol. The van der Waals surface area contributed by atoms with E-state index in [1.54, 1.807) is 10.9 Å². The molecule has 7 heteroatoms. The zero-order chi connectivity index (χ0) is 15.0. The van der Waals surface area contributed by atoms with Gasteiger partial charge in [-0.1, -0.05) is 11.6 Å². The molecule has 3 rings (SSSR count). The summed E-state index contributed by atoms with van der Waals surface area (Å²) < 4.78 is 1.71. The Morgan fingerprint density at radius 2 is 2.14 bits per heavy atom. The van der Waals surface area contributed by atoms with Gasteiger partial charge in [-0.05, 0) is 32.7 Å². The molecular formula is C14H20ClN5O. The first-order valence-corrected chi connectivity index (χ1v) is 7.61. The lowest BCUT2D eigenvalue weighted by atomic mass is 9.98. The molecule has 2 aromatic rings. The Kier molecular flexibility index (Phi) is 3.86. The predicted molar refractivity (Wildman–Crippen MR) is 81.1 cm³/mol. The molecule has 0 aromatic carbocycles. The monoisotopic (exact) mass is 309 g/mol. The Labute approximate surface area is 128 Å². The summed E-state index contributed by atoms with van der Waals surface area (Å²) in [6.07, 6.45) is 4.28. The molecule has 114 valence electrons. The van der Waals surface area contributed by atoms with E-state index in [0.29, 0.717) is 17.5 Å². The van der Waals surface area contributed by atoms with E-state index in [0.717, 1.165) is 43.4 Å². The minimum atomic E-state index is -0.556. The number of aromatic nitrogens is 4. The maximum Gasteiger partial charge on any atom is 0.162 e. The van der Waals surface area contributed by atoms with Gasteiger partial charge in [-0.3, -0.25) is 9.58 Å². The maximum absolute atomic E-state index is 10.1. The van der Waals surface area contributed by atoms with Crippen LogP contribution in [-0.4, -0.2) is 48.4 Å². The van der Waals surface area contributed by atoms with E-state index in [-0.39, 0.29) is 0 Å². The Hall–Kier alpha value is -1.24. The number of nitrogens with zero attached hydrogens (tertiary/aromatic N) is 5. The number of hydrogen-bond donors (Lipinski definition) is 1. The fraction of sp³-hybridized carbons (Fsp3) is 0.643. The van der Waals surface area contributed by atoms with Crippen LogP contribution in [0.15, 0.2) is 6.20 Å². The van der Waals surface area contributed by atoms with E-state index in [9.17, 15) is 5.11 Å². The average Bonchev–Trinajstić information content (AvgIpc) is 2.69. The van der Waals surface area contributed by atoms with Gasteiger partial charge in [0.1, 0.15) is 11.0 Å². The summed E-state index contributed by atoms with van der Waals surface area (Å²) in [4.78, 5) is 11.2. The lowest BCUT2D eigenvalue weighted by Crippen LogP contribution is -2.28. The zero-order valence-corrected chi connectivity index (χ0v) is 13.1. The standard InChI is InChI=1S/C14H20ClN5O/c1-14(21)4-3-6-20(7-5-14)9-11-17-12(15)10-8-16-19(2)13(10)18-11/h8,21H,3-7,9H2,1-2H3. The van der Waals surface area contributed by atoms with Crippen molar-refractivity contribution in [3.63, 3.8) is 0 Å². The van der Waals surface area contributed by atoms with Gasteiger partial charge in [0.15, 0.2) is 5.65 Å². The highest BCUT2D eigenvalue weighted by atomic mass is 35.5. The number of rotatable bonds is 2. The lowest BCUT2D eigenvalue weighted by Gasteiger charge is -2.21. The van der Waals surface area contributed by atoms with Crippen LogP contribution in [0.1, 0.15) is 32.0 Å². The molecule has 0 amide bonds. The molecule has 0 saturated carbocycles. The minimum absolute atomic E-state index is 0.449. The highest BCUT2D eigenvalue weighted by molar-refractivity contribution is 6.33. The van der Waals surface area contributed by atoms with Crippen molar-refractivity contribution in [2.45, 2.75) is 38.3 Å². The third-order valence-corrected chi connectivity index (χ3v) is 4.40. The van der Waals surface area contributed by atoms with Gasteiger partial charge in [-0.15, -0.1) is 0 Å². The molecule has 6 nitrogen and oxygen atoms in total. The number of likely N-dealkylation sites (tertiary alicyclic amines) is 1. The molecule has 0 aliphatic carbocycles. The number of aryl methyl sites for hydroxylation is 1. The summed E-state index contributed by atoms with van der Waals surface area (Å²) in [6.45, 7) is 4.35. The van der Waals surface area contributed by atoms with E-state index in [4.69, 9.17) is 11.6 Å². The first-order chi connectivity index (χ1) is 9.94. The van der Waals surface area contributed by atoms with Gasteiger partial charge in [0.25, 0.3) is 0 Å². The second-order valence-electron chi connectivity index (χ2n) is 6.06. The van der Waals surface area contributed by atoms with Crippen molar-refractivity contribution in [3.8, 4) is 0 Å². The Morgan fingerprint density at radius 1 is 1.33 bits per heavy atom. The summed E-state index contributed by atoms with van der Waals surface area (Å²) in [7, 11) is 1.85. The van der Waals surface area contributed by atoms with E-state index < -0.39 is 5.60 Å². The van der Waals surface area contributed by atoms with Crippen molar-refractivity contribution in [3.05, 3.63) is 17.2 Å². The van der Waals surface area contributed by atoms with Gasteiger partial charge < -0.3 is 5.11 Å². The Bertz CT molecular complexity index is 654. The zero-order valence-electron chi connectivity index (χ0n) is 12.4. The van der Waals surface area contributed by atoms with Gasteiger partial charge in [-0.25, -0.2) is 9.97 Å². The molecule has 0 radical (unpaired) electrons. The molecule has 0 bridgehead atoms. The van der Waals surface area contributed by atoms with Gasteiger partial charge in [0.2, 0.25) is 0 Å². The molecule has 1 aliphatic heterocycles. The largest absolute Gasteiger partial charge is 0.390 e. The first kappa shape index (κ1) is 14.7. The molecule has 0 spiro atoms. The lowest BCUT2D eigenvalue weighted by molar-refractivity contribution is 0.0443. The fourth-order valence-electron chi connectivity index (χ4n) is 2.78. The van der Waals surface area contributed by atoms with Crippen molar-refractivity contribution >= 4 is 22.6 Å².